The fourth-order valence-electron chi connectivity index (χ4n) is 3.00. The first-order valence-electron chi connectivity index (χ1n) is 9.26. The third-order valence-electron chi connectivity index (χ3n) is 4.41. The highest BCUT2D eigenvalue weighted by molar-refractivity contribution is 5.64. The molecule has 4 rings (SSSR count). The second-order valence-electron chi connectivity index (χ2n) is 6.34. The van der Waals surface area contributed by atoms with E-state index in [0.717, 1.165) is 43.3 Å². The lowest BCUT2D eigenvalue weighted by Crippen LogP contribution is -2.44. The van der Waals surface area contributed by atoms with Gasteiger partial charge in [0.25, 0.3) is 0 Å². The van der Waals surface area contributed by atoms with Crippen LogP contribution in [0.1, 0.15) is 0 Å². The largest absolute Gasteiger partial charge is 0.495 e. The molecule has 1 aliphatic rings. The summed E-state index contributed by atoms with van der Waals surface area (Å²) in [5.74, 6) is 2.33. The number of hydrogen-bond donors (Lipinski definition) is 3. The van der Waals surface area contributed by atoms with Gasteiger partial charge < -0.3 is 25.6 Å². The van der Waals surface area contributed by atoms with Crippen LogP contribution in [-0.2, 0) is 0 Å². The number of piperazine rings is 1. The van der Waals surface area contributed by atoms with Gasteiger partial charge in [0, 0.05) is 31.9 Å². The van der Waals surface area contributed by atoms with Crippen LogP contribution in [-0.4, -0.2) is 48.2 Å². The Bertz CT molecular complexity index is 913. The third kappa shape index (κ3) is 4.29. The summed E-state index contributed by atoms with van der Waals surface area (Å²) in [5, 5.41) is 9.87. The van der Waals surface area contributed by atoms with Gasteiger partial charge in [-0.15, -0.1) is 0 Å². The molecule has 0 unspecified atom stereocenters. The van der Waals surface area contributed by atoms with Crippen LogP contribution < -0.4 is 25.6 Å². The molecule has 2 aromatic carbocycles. The Morgan fingerprint density at radius 1 is 0.857 bits per heavy atom. The summed E-state index contributed by atoms with van der Waals surface area (Å²) < 4.78 is 5.42. The van der Waals surface area contributed by atoms with Crippen molar-refractivity contribution < 1.29 is 4.74 Å². The molecule has 3 aromatic rings. The lowest BCUT2D eigenvalue weighted by atomic mass is 10.3. The highest BCUT2D eigenvalue weighted by Gasteiger charge is 2.17. The lowest BCUT2D eigenvalue weighted by molar-refractivity contribution is 0.417. The summed E-state index contributed by atoms with van der Waals surface area (Å²) >= 11 is 0. The van der Waals surface area contributed by atoms with Gasteiger partial charge in [-0.25, -0.2) is 0 Å². The van der Waals surface area contributed by atoms with Crippen molar-refractivity contribution in [2.45, 2.75) is 0 Å². The van der Waals surface area contributed by atoms with Crippen LogP contribution in [0.3, 0.4) is 0 Å². The molecule has 1 aromatic heterocycles. The predicted octanol–water partition coefficient (Wildman–Crippen LogP) is 2.78. The first-order valence-corrected chi connectivity index (χ1v) is 9.26. The van der Waals surface area contributed by atoms with Crippen molar-refractivity contribution in [1.29, 1.82) is 0 Å². The number of anilines is 5. The summed E-state index contributed by atoms with van der Waals surface area (Å²) in [7, 11) is 1.64. The quantitative estimate of drug-likeness (QED) is 0.604. The summed E-state index contributed by atoms with van der Waals surface area (Å²) in [4.78, 5) is 16.0. The second kappa shape index (κ2) is 8.53. The maximum absolute atomic E-state index is 5.42. The van der Waals surface area contributed by atoms with Crippen molar-refractivity contribution in [3.05, 3.63) is 54.6 Å². The first-order chi connectivity index (χ1) is 13.8. The summed E-state index contributed by atoms with van der Waals surface area (Å²) in [6.45, 7) is 3.51. The molecular formula is C20H23N7O. The lowest BCUT2D eigenvalue weighted by Gasteiger charge is -2.27. The number of nitrogens with one attached hydrogen (secondary N) is 3. The minimum absolute atomic E-state index is 0.464. The van der Waals surface area contributed by atoms with Gasteiger partial charge in [0.05, 0.1) is 12.8 Å². The van der Waals surface area contributed by atoms with E-state index in [2.05, 4.69) is 35.8 Å². The van der Waals surface area contributed by atoms with Crippen LogP contribution in [0.2, 0.25) is 0 Å². The van der Waals surface area contributed by atoms with Crippen LogP contribution in [0.5, 0.6) is 5.75 Å². The molecule has 0 spiro atoms. The number of hydrogen-bond acceptors (Lipinski definition) is 8. The molecule has 1 aliphatic heterocycles. The van der Waals surface area contributed by atoms with Gasteiger partial charge in [-0.2, -0.15) is 15.0 Å². The minimum Gasteiger partial charge on any atom is -0.495 e. The fraction of sp³-hybridized carbons (Fsp3) is 0.250. The van der Waals surface area contributed by atoms with E-state index >= 15 is 0 Å². The third-order valence-corrected chi connectivity index (χ3v) is 4.41. The van der Waals surface area contributed by atoms with Gasteiger partial charge in [0.1, 0.15) is 5.75 Å². The predicted molar refractivity (Wildman–Crippen MR) is 111 cm³/mol. The van der Waals surface area contributed by atoms with E-state index in [9.17, 15) is 0 Å². The van der Waals surface area contributed by atoms with Crippen LogP contribution in [0.25, 0.3) is 0 Å². The summed E-state index contributed by atoms with van der Waals surface area (Å²) in [5.41, 5.74) is 1.72. The fourth-order valence-corrected chi connectivity index (χ4v) is 3.00. The molecule has 0 aliphatic carbocycles. The molecule has 28 heavy (non-hydrogen) atoms. The second-order valence-corrected chi connectivity index (χ2v) is 6.34. The van der Waals surface area contributed by atoms with Crippen LogP contribution in [0.4, 0.5) is 29.2 Å². The van der Waals surface area contributed by atoms with Gasteiger partial charge in [-0.05, 0) is 24.3 Å². The molecule has 1 saturated heterocycles. The van der Waals surface area contributed by atoms with Crippen molar-refractivity contribution in [2.75, 3.05) is 48.8 Å². The van der Waals surface area contributed by atoms with Crippen LogP contribution >= 0.6 is 0 Å². The molecular weight excluding hydrogens is 354 g/mol. The van der Waals surface area contributed by atoms with Gasteiger partial charge in [0.15, 0.2) is 0 Å². The molecule has 1 fully saturated rings. The highest BCUT2D eigenvalue weighted by Crippen LogP contribution is 2.27. The molecule has 0 radical (unpaired) electrons. The van der Waals surface area contributed by atoms with Crippen LogP contribution in [0.15, 0.2) is 54.6 Å². The number of rotatable bonds is 6. The first kappa shape index (κ1) is 18.0. The van der Waals surface area contributed by atoms with Gasteiger partial charge in [-0.3, -0.25) is 0 Å². The average Bonchev–Trinajstić information content (AvgIpc) is 2.75. The van der Waals surface area contributed by atoms with Crippen molar-refractivity contribution in [3.63, 3.8) is 0 Å². The number of aromatic nitrogens is 3. The maximum Gasteiger partial charge on any atom is 0.233 e. The van der Waals surface area contributed by atoms with E-state index in [4.69, 9.17) is 4.74 Å². The Hall–Kier alpha value is -3.39. The molecule has 8 heteroatoms. The Labute approximate surface area is 164 Å². The molecule has 8 nitrogen and oxygen atoms in total. The molecule has 144 valence electrons. The van der Waals surface area contributed by atoms with Gasteiger partial charge >= 0.3 is 0 Å². The molecule has 0 atom stereocenters. The number of ether oxygens (including phenoxy) is 1. The Morgan fingerprint density at radius 2 is 1.54 bits per heavy atom. The molecule has 0 amide bonds. The standard InChI is InChI=1S/C20H23N7O/c1-28-17-10-6-5-9-16(17)23-19-24-18(22-15-7-3-2-4-8-15)25-20(26-19)27-13-11-21-12-14-27/h2-10,21H,11-14H2,1H3,(H2,22,23,24,25,26). The molecule has 0 saturated carbocycles. The Morgan fingerprint density at radius 3 is 2.29 bits per heavy atom. The van der Waals surface area contributed by atoms with Crippen LogP contribution in [0, 0.1) is 0 Å². The van der Waals surface area contributed by atoms with Crippen molar-refractivity contribution in [1.82, 2.24) is 20.3 Å². The van der Waals surface area contributed by atoms with E-state index < -0.39 is 0 Å². The van der Waals surface area contributed by atoms with Crippen molar-refractivity contribution >= 4 is 29.2 Å². The normalized spacial score (nSPS) is 13.8. The Kier molecular flexibility index (Phi) is 5.48. The smallest absolute Gasteiger partial charge is 0.233 e. The van der Waals surface area contributed by atoms with Gasteiger partial charge in [0.2, 0.25) is 17.8 Å². The Balaban J connectivity index is 1.66. The SMILES string of the molecule is COc1ccccc1Nc1nc(Nc2ccccc2)nc(N2CCNCC2)n1. The highest BCUT2D eigenvalue weighted by atomic mass is 16.5. The number of benzene rings is 2. The van der Waals surface area contributed by atoms with Crippen molar-refractivity contribution in [2.24, 2.45) is 0 Å². The average molecular weight is 377 g/mol. The summed E-state index contributed by atoms with van der Waals surface area (Å²) in [6, 6.07) is 17.5. The topological polar surface area (TPSA) is 87.2 Å². The van der Waals surface area contributed by atoms with E-state index in [1.807, 2.05) is 54.6 Å². The zero-order valence-corrected chi connectivity index (χ0v) is 15.7. The maximum atomic E-state index is 5.42. The zero-order chi connectivity index (χ0) is 19.2. The number of nitrogens with zero attached hydrogens (tertiary/aromatic N) is 4. The minimum atomic E-state index is 0.464. The monoisotopic (exact) mass is 377 g/mol. The zero-order valence-electron chi connectivity index (χ0n) is 15.7. The van der Waals surface area contributed by atoms with E-state index in [0.29, 0.717) is 17.8 Å². The van der Waals surface area contributed by atoms with Gasteiger partial charge in [-0.1, -0.05) is 30.3 Å². The molecule has 2 heterocycles. The summed E-state index contributed by atoms with van der Waals surface area (Å²) in [6.07, 6.45) is 0. The number of methoxy groups -OCH3 is 1. The molecule has 0 bridgehead atoms. The van der Waals surface area contributed by atoms with E-state index in [-0.39, 0.29) is 0 Å². The van der Waals surface area contributed by atoms with Crippen molar-refractivity contribution in [3.8, 4) is 5.75 Å². The van der Waals surface area contributed by atoms with E-state index in [1.165, 1.54) is 0 Å². The van der Waals surface area contributed by atoms with E-state index in [1.54, 1.807) is 7.11 Å². The number of para-hydroxylation sites is 3. The molecule has 3 N–H and O–H groups in total.